The Morgan fingerprint density at radius 3 is 2.78 bits per heavy atom. The molecule has 1 aliphatic carbocycles. The van der Waals surface area contributed by atoms with Crippen LogP contribution >= 0.6 is 0 Å². The zero-order chi connectivity index (χ0) is 13.2. The molecule has 0 amide bonds. The zero-order valence-corrected chi connectivity index (χ0v) is 11.8. The third kappa shape index (κ3) is 3.05. The van der Waals surface area contributed by atoms with Crippen LogP contribution in [0, 0.1) is 0 Å². The average Bonchev–Trinajstić information content (AvgIpc) is 2.77. The first-order valence-corrected chi connectivity index (χ1v) is 8.50. The number of sulfone groups is 1. The molecule has 1 saturated carbocycles. The van der Waals surface area contributed by atoms with Crippen LogP contribution in [0.15, 0.2) is 24.3 Å². The van der Waals surface area contributed by atoms with Gasteiger partial charge in [0, 0.05) is 18.0 Å². The Bertz CT molecular complexity index is 510. The Labute approximate surface area is 110 Å². The van der Waals surface area contributed by atoms with E-state index < -0.39 is 9.84 Å². The van der Waals surface area contributed by atoms with Crippen molar-refractivity contribution in [2.45, 2.75) is 43.9 Å². The topological polar surface area (TPSA) is 46.2 Å². The maximum Gasteiger partial charge on any atom is 0.152 e. The van der Waals surface area contributed by atoms with E-state index in [1.165, 1.54) is 11.8 Å². The highest BCUT2D eigenvalue weighted by molar-refractivity contribution is 7.91. The van der Waals surface area contributed by atoms with Gasteiger partial charge in [-0.25, -0.2) is 8.42 Å². The van der Waals surface area contributed by atoms with Gasteiger partial charge in [0.15, 0.2) is 9.84 Å². The van der Waals surface area contributed by atoms with E-state index >= 15 is 0 Å². The van der Waals surface area contributed by atoms with Gasteiger partial charge in [-0.1, -0.05) is 19.1 Å². The lowest BCUT2D eigenvalue weighted by molar-refractivity contribution is 0.579. The van der Waals surface area contributed by atoms with Crippen molar-refractivity contribution >= 4 is 15.5 Å². The maximum atomic E-state index is 11.7. The van der Waals surface area contributed by atoms with E-state index in [0.29, 0.717) is 0 Å². The lowest BCUT2D eigenvalue weighted by atomic mass is 10.1. The van der Waals surface area contributed by atoms with Gasteiger partial charge in [0.1, 0.15) is 0 Å². The van der Waals surface area contributed by atoms with Crippen molar-refractivity contribution in [3.8, 4) is 0 Å². The molecular formula is C14H21NO2S. The lowest BCUT2D eigenvalue weighted by Crippen LogP contribution is -2.34. The number of benzene rings is 1. The van der Waals surface area contributed by atoms with E-state index in [9.17, 15) is 8.42 Å². The van der Waals surface area contributed by atoms with E-state index in [-0.39, 0.29) is 11.3 Å². The molecule has 0 aromatic heterocycles. The Morgan fingerprint density at radius 1 is 1.33 bits per heavy atom. The molecule has 1 aliphatic rings. The summed E-state index contributed by atoms with van der Waals surface area (Å²) >= 11 is 0. The molecule has 0 heterocycles. The Morgan fingerprint density at radius 2 is 2.11 bits per heavy atom. The molecule has 1 aromatic carbocycles. The van der Waals surface area contributed by atoms with E-state index in [1.807, 2.05) is 12.1 Å². The van der Waals surface area contributed by atoms with Crippen molar-refractivity contribution < 1.29 is 8.42 Å². The van der Waals surface area contributed by atoms with Gasteiger partial charge < -0.3 is 5.32 Å². The monoisotopic (exact) mass is 267 g/mol. The van der Waals surface area contributed by atoms with Gasteiger partial charge in [-0.05, 0) is 43.4 Å². The molecule has 4 heteroatoms. The molecule has 1 N–H and O–H groups in total. The van der Waals surface area contributed by atoms with E-state index in [0.717, 1.165) is 31.4 Å². The molecule has 2 unspecified atom stereocenters. The summed E-state index contributed by atoms with van der Waals surface area (Å²) in [5, 5.41) is 3.16. The molecule has 0 bridgehead atoms. The molecule has 2 atom stereocenters. The fourth-order valence-corrected chi connectivity index (χ4v) is 4.09. The van der Waals surface area contributed by atoms with Gasteiger partial charge in [0.25, 0.3) is 0 Å². The fourth-order valence-electron chi connectivity index (χ4n) is 2.70. The molecule has 0 saturated heterocycles. The van der Waals surface area contributed by atoms with Crippen LogP contribution in [0.4, 0.5) is 5.69 Å². The lowest BCUT2D eigenvalue weighted by Gasteiger charge is -2.21. The second kappa shape index (κ2) is 5.31. The van der Waals surface area contributed by atoms with Crippen molar-refractivity contribution in [2.24, 2.45) is 0 Å². The highest BCUT2D eigenvalue weighted by atomic mass is 32.2. The van der Waals surface area contributed by atoms with Crippen LogP contribution in [-0.2, 0) is 16.3 Å². The number of aryl methyl sites for hydroxylation is 1. The third-order valence-electron chi connectivity index (χ3n) is 3.69. The minimum absolute atomic E-state index is 0.0621. The van der Waals surface area contributed by atoms with Crippen molar-refractivity contribution in [1.29, 1.82) is 0 Å². The van der Waals surface area contributed by atoms with Crippen LogP contribution in [-0.4, -0.2) is 26.0 Å². The summed E-state index contributed by atoms with van der Waals surface area (Å²) in [5.74, 6) is 0. The number of rotatable bonds is 4. The summed E-state index contributed by atoms with van der Waals surface area (Å²) in [4.78, 5) is 0. The quantitative estimate of drug-likeness (QED) is 0.912. The molecule has 18 heavy (non-hydrogen) atoms. The van der Waals surface area contributed by atoms with E-state index in [4.69, 9.17) is 0 Å². The van der Waals surface area contributed by atoms with E-state index in [2.05, 4.69) is 24.4 Å². The minimum atomic E-state index is -2.95. The summed E-state index contributed by atoms with van der Waals surface area (Å²) in [6, 6.07) is 8.29. The van der Waals surface area contributed by atoms with Gasteiger partial charge in [-0.15, -0.1) is 0 Å². The Hall–Kier alpha value is -1.03. The first-order chi connectivity index (χ1) is 8.50. The van der Waals surface area contributed by atoms with Gasteiger partial charge in [-0.2, -0.15) is 0 Å². The summed E-state index contributed by atoms with van der Waals surface area (Å²) in [5.41, 5.74) is 2.31. The van der Waals surface area contributed by atoms with Gasteiger partial charge in [0.05, 0.1) is 5.25 Å². The van der Waals surface area contributed by atoms with Crippen LogP contribution in [0.2, 0.25) is 0 Å². The van der Waals surface area contributed by atoms with Crippen LogP contribution in [0.3, 0.4) is 0 Å². The summed E-state index contributed by atoms with van der Waals surface area (Å²) in [6.45, 7) is 2.12. The predicted molar refractivity (Wildman–Crippen MR) is 75.7 cm³/mol. The summed E-state index contributed by atoms with van der Waals surface area (Å²) in [7, 11) is -2.95. The fraction of sp³-hybridized carbons (Fsp3) is 0.571. The number of hydrogen-bond donors (Lipinski definition) is 1. The molecule has 0 spiro atoms. The van der Waals surface area contributed by atoms with Gasteiger partial charge in [0.2, 0.25) is 0 Å². The highest BCUT2D eigenvalue weighted by Crippen LogP contribution is 2.28. The van der Waals surface area contributed by atoms with Gasteiger partial charge >= 0.3 is 0 Å². The van der Waals surface area contributed by atoms with Crippen LogP contribution in [0.1, 0.15) is 31.7 Å². The van der Waals surface area contributed by atoms with Gasteiger partial charge in [-0.3, -0.25) is 0 Å². The van der Waals surface area contributed by atoms with Crippen LogP contribution in [0.5, 0.6) is 0 Å². The second-order valence-corrected chi connectivity index (χ2v) is 7.37. The number of nitrogens with one attached hydrogen (secondary N) is 1. The zero-order valence-electron chi connectivity index (χ0n) is 11.0. The maximum absolute atomic E-state index is 11.7. The molecule has 100 valence electrons. The highest BCUT2D eigenvalue weighted by Gasteiger charge is 2.34. The molecule has 0 radical (unpaired) electrons. The normalized spacial score (nSPS) is 24.1. The standard InChI is InChI=1S/C14H21NO2S/c1-3-11-6-4-7-12(10-11)15-13-8-5-9-14(13)18(2,16)17/h4,6-7,10,13-15H,3,5,8-9H2,1-2H3. The summed E-state index contributed by atoms with van der Waals surface area (Å²) in [6.07, 6.45) is 5.05. The van der Waals surface area contributed by atoms with Crippen molar-refractivity contribution in [3.63, 3.8) is 0 Å². The molecular weight excluding hydrogens is 246 g/mol. The Balaban J connectivity index is 2.13. The second-order valence-electron chi connectivity index (χ2n) is 5.10. The SMILES string of the molecule is CCc1cccc(NC2CCCC2S(C)(=O)=O)c1. The largest absolute Gasteiger partial charge is 0.381 e. The molecule has 3 nitrogen and oxygen atoms in total. The average molecular weight is 267 g/mol. The smallest absolute Gasteiger partial charge is 0.152 e. The van der Waals surface area contributed by atoms with E-state index in [1.54, 1.807) is 0 Å². The predicted octanol–water partition coefficient (Wildman–Crippen LogP) is 2.63. The van der Waals surface area contributed by atoms with Crippen LogP contribution < -0.4 is 5.32 Å². The first-order valence-electron chi connectivity index (χ1n) is 6.55. The van der Waals surface area contributed by atoms with Crippen molar-refractivity contribution in [2.75, 3.05) is 11.6 Å². The minimum Gasteiger partial charge on any atom is -0.381 e. The van der Waals surface area contributed by atoms with Crippen molar-refractivity contribution in [1.82, 2.24) is 0 Å². The molecule has 2 rings (SSSR count). The Kier molecular flexibility index (Phi) is 3.95. The summed E-state index contributed by atoms with van der Waals surface area (Å²) < 4.78 is 23.4. The molecule has 0 aliphatic heterocycles. The van der Waals surface area contributed by atoms with Crippen LogP contribution in [0.25, 0.3) is 0 Å². The number of anilines is 1. The molecule has 1 fully saturated rings. The number of hydrogen-bond acceptors (Lipinski definition) is 3. The van der Waals surface area contributed by atoms with Crippen molar-refractivity contribution in [3.05, 3.63) is 29.8 Å². The third-order valence-corrected chi connectivity index (χ3v) is 5.35. The first kappa shape index (κ1) is 13.4. The molecule has 1 aromatic rings.